The summed E-state index contributed by atoms with van der Waals surface area (Å²) >= 11 is 0. The Morgan fingerprint density at radius 1 is 0.652 bits per heavy atom. The number of rotatable bonds is 2. The van der Waals surface area contributed by atoms with Gasteiger partial charge >= 0.3 is 0 Å². The molecule has 1 aliphatic heterocycles. The highest BCUT2D eigenvalue weighted by atomic mass is 16.5. The van der Waals surface area contributed by atoms with E-state index in [4.69, 9.17) is 14.7 Å². The van der Waals surface area contributed by atoms with Crippen LogP contribution in [0.25, 0.3) is 22.5 Å². The first-order valence-corrected chi connectivity index (χ1v) is 8.00. The highest BCUT2D eigenvalue weighted by Crippen LogP contribution is 2.30. The van der Waals surface area contributed by atoms with E-state index < -0.39 is 0 Å². The standard InChI is InChI=1S/C20H18N2O/c1-3-7-15(8-4-1)19-17-11-13-23-14-12-18(19)22-20(21-17)16-9-5-2-6-10-16/h1-10H,11-14H2. The molecule has 0 amide bonds. The molecular formula is C20H18N2O. The van der Waals surface area contributed by atoms with Crippen LogP contribution in [0.2, 0.25) is 0 Å². The number of nitrogens with zero attached hydrogens (tertiary/aromatic N) is 2. The van der Waals surface area contributed by atoms with E-state index >= 15 is 0 Å². The molecule has 0 unspecified atom stereocenters. The van der Waals surface area contributed by atoms with Crippen LogP contribution < -0.4 is 0 Å². The summed E-state index contributed by atoms with van der Waals surface area (Å²) < 4.78 is 5.65. The van der Waals surface area contributed by atoms with Gasteiger partial charge < -0.3 is 4.74 Å². The normalized spacial score (nSPS) is 14.1. The van der Waals surface area contributed by atoms with Crippen molar-refractivity contribution in [2.45, 2.75) is 12.8 Å². The summed E-state index contributed by atoms with van der Waals surface area (Å²) in [5.74, 6) is 0.817. The summed E-state index contributed by atoms with van der Waals surface area (Å²) in [5.41, 5.74) is 5.61. The molecule has 0 saturated heterocycles. The molecule has 2 heterocycles. The van der Waals surface area contributed by atoms with Crippen LogP contribution in [-0.4, -0.2) is 23.2 Å². The third-order valence-electron chi connectivity index (χ3n) is 4.12. The van der Waals surface area contributed by atoms with Gasteiger partial charge in [-0.05, 0) is 5.56 Å². The molecule has 3 heteroatoms. The first kappa shape index (κ1) is 14.1. The minimum absolute atomic E-state index is 0.713. The Hall–Kier alpha value is -2.52. The zero-order chi connectivity index (χ0) is 15.5. The Morgan fingerprint density at radius 2 is 1.17 bits per heavy atom. The summed E-state index contributed by atoms with van der Waals surface area (Å²) in [5, 5.41) is 0. The lowest BCUT2D eigenvalue weighted by Crippen LogP contribution is -2.14. The second kappa shape index (κ2) is 6.31. The number of hydrogen-bond donors (Lipinski definition) is 0. The third kappa shape index (κ3) is 2.88. The number of ether oxygens (including phenoxy) is 1. The van der Waals surface area contributed by atoms with Gasteiger partial charge in [-0.25, -0.2) is 9.97 Å². The van der Waals surface area contributed by atoms with Crippen LogP contribution in [0.1, 0.15) is 11.4 Å². The second-order valence-electron chi connectivity index (χ2n) is 5.66. The molecule has 2 bridgehead atoms. The van der Waals surface area contributed by atoms with Crippen molar-refractivity contribution in [3.05, 3.63) is 72.1 Å². The summed E-state index contributed by atoms with van der Waals surface area (Å²) in [7, 11) is 0. The molecule has 114 valence electrons. The lowest BCUT2D eigenvalue weighted by molar-refractivity contribution is 0.137. The average molecular weight is 302 g/mol. The molecule has 2 aromatic carbocycles. The predicted molar refractivity (Wildman–Crippen MR) is 91.1 cm³/mol. The van der Waals surface area contributed by atoms with E-state index in [0.717, 1.165) is 35.6 Å². The van der Waals surface area contributed by atoms with Gasteiger partial charge in [0.25, 0.3) is 0 Å². The Labute approximate surface area is 136 Å². The van der Waals surface area contributed by atoms with Crippen molar-refractivity contribution < 1.29 is 4.74 Å². The molecule has 0 spiro atoms. The van der Waals surface area contributed by atoms with E-state index in [0.29, 0.717) is 13.2 Å². The molecule has 0 atom stereocenters. The predicted octanol–water partition coefficient (Wildman–Crippen LogP) is 3.93. The van der Waals surface area contributed by atoms with Crippen molar-refractivity contribution in [2.75, 3.05) is 13.2 Å². The first-order valence-electron chi connectivity index (χ1n) is 8.00. The maximum Gasteiger partial charge on any atom is 0.159 e. The summed E-state index contributed by atoms with van der Waals surface area (Å²) in [6.45, 7) is 1.43. The van der Waals surface area contributed by atoms with Gasteiger partial charge in [0.2, 0.25) is 0 Å². The number of hydrogen-bond acceptors (Lipinski definition) is 3. The quantitative estimate of drug-likeness (QED) is 0.719. The molecule has 23 heavy (non-hydrogen) atoms. The van der Waals surface area contributed by atoms with Crippen LogP contribution in [0.4, 0.5) is 0 Å². The van der Waals surface area contributed by atoms with Crippen molar-refractivity contribution in [2.24, 2.45) is 0 Å². The Balaban J connectivity index is 1.91. The molecular weight excluding hydrogens is 284 g/mol. The lowest BCUT2D eigenvalue weighted by atomic mass is 9.97. The number of aromatic nitrogens is 2. The van der Waals surface area contributed by atoms with Gasteiger partial charge in [0.15, 0.2) is 5.82 Å². The van der Waals surface area contributed by atoms with Crippen LogP contribution >= 0.6 is 0 Å². The number of fused-ring (bicyclic) bond motifs is 2. The fourth-order valence-electron chi connectivity index (χ4n) is 3.01. The van der Waals surface area contributed by atoms with Crippen LogP contribution in [0.5, 0.6) is 0 Å². The molecule has 0 radical (unpaired) electrons. The van der Waals surface area contributed by atoms with E-state index in [1.807, 2.05) is 24.3 Å². The van der Waals surface area contributed by atoms with Crippen LogP contribution in [0, 0.1) is 0 Å². The Bertz CT molecular complexity index is 773. The molecule has 0 fully saturated rings. The summed E-state index contributed by atoms with van der Waals surface area (Å²) in [6, 6.07) is 20.6. The maximum absolute atomic E-state index is 5.65. The molecule has 4 rings (SSSR count). The van der Waals surface area contributed by atoms with E-state index in [2.05, 4.69) is 36.4 Å². The Kier molecular flexibility index (Phi) is 3.86. The lowest BCUT2D eigenvalue weighted by Gasteiger charge is -2.18. The first-order chi connectivity index (χ1) is 11.4. The van der Waals surface area contributed by atoms with E-state index in [1.54, 1.807) is 0 Å². The number of benzene rings is 2. The van der Waals surface area contributed by atoms with Crippen LogP contribution in [0.15, 0.2) is 60.7 Å². The molecule has 1 aliphatic rings. The summed E-state index contributed by atoms with van der Waals surface area (Å²) in [6.07, 6.45) is 1.64. The molecule has 0 saturated carbocycles. The van der Waals surface area contributed by atoms with Gasteiger partial charge in [0.1, 0.15) is 0 Å². The zero-order valence-electron chi connectivity index (χ0n) is 12.9. The van der Waals surface area contributed by atoms with Gasteiger partial charge in [-0.15, -0.1) is 0 Å². The van der Waals surface area contributed by atoms with Crippen LogP contribution in [-0.2, 0) is 17.6 Å². The van der Waals surface area contributed by atoms with Crippen LogP contribution in [0.3, 0.4) is 0 Å². The largest absolute Gasteiger partial charge is 0.381 e. The van der Waals surface area contributed by atoms with Gasteiger partial charge in [-0.2, -0.15) is 0 Å². The minimum atomic E-state index is 0.713. The smallest absolute Gasteiger partial charge is 0.159 e. The van der Waals surface area contributed by atoms with Gasteiger partial charge in [0.05, 0.1) is 24.6 Å². The molecule has 0 N–H and O–H groups in total. The molecule has 0 aliphatic carbocycles. The van der Waals surface area contributed by atoms with Crippen molar-refractivity contribution in [3.8, 4) is 22.5 Å². The van der Waals surface area contributed by atoms with E-state index in [9.17, 15) is 0 Å². The van der Waals surface area contributed by atoms with Gasteiger partial charge in [0, 0.05) is 24.0 Å². The van der Waals surface area contributed by atoms with Crippen molar-refractivity contribution in [1.29, 1.82) is 0 Å². The topological polar surface area (TPSA) is 35.0 Å². The minimum Gasteiger partial charge on any atom is -0.381 e. The van der Waals surface area contributed by atoms with Crippen molar-refractivity contribution >= 4 is 0 Å². The highest BCUT2D eigenvalue weighted by molar-refractivity contribution is 5.70. The summed E-state index contributed by atoms with van der Waals surface area (Å²) in [4.78, 5) is 9.72. The Morgan fingerprint density at radius 3 is 1.74 bits per heavy atom. The highest BCUT2D eigenvalue weighted by Gasteiger charge is 2.18. The van der Waals surface area contributed by atoms with Gasteiger partial charge in [-0.3, -0.25) is 0 Å². The van der Waals surface area contributed by atoms with Crippen molar-refractivity contribution in [1.82, 2.24) is 9.97 Å². The zero-order valence-corrected chi connectivity index (χ0v) is 12.9. The van der Waals surface area contributed by atoms with E-state index in [1.165, 1.54) is 11.1 Å². The fourth-order valence-corrected chi connectivity index (χ4v) is 3.01. The van der Waals surface area contributed by atoms with E-state index in [-0.39, 0.29) is 0 Å². The fraction of sp³-hybridized carbons (Fsp3) is 0.200. The maximum atomic E-state index is 5.65. The average Bonchev–Trinajstić information content (AvgIpc) is 2.62. The third-order valence-corrected chi connectivity index (χ3v) is 4.12. The monoisotopic (exact) mass is 302 g/mol. The SMILES string of the molecule is c1ccc(-c2nc3c(-c4ccccc4)c(n2)CCOCC3)cc1. The molecule has 3 aromatic rings. The van der Waals surface area contributed by atoms with Crippen molar-refractivity contribution in [3.63, 3.8) is 0 Å². The van der Waals surface area contributed by atoms with Gasteiger partial charge in [-0.1, -0.05) is 60.7 Å². The molecule has 1 aromatic heterocycles. The second-order valence-corrected chi connectivity index (χ2v) is 5.66. The molecule has 3 nitrogen and oxygen atoms in total.